The Morgan fingerprint density at radius 3 is 2.24 bits per heavy atom. The van der Waals surface area contributed by atoms with Gasteiger partial charge in [-0.25, -0.2) is 5.84 Å². The van der Waals surface area contributed by atoms with E-state index >= 15 is 0 Å². The van der Waals surface area contributed by atoms with Crippen LogP contribution in [0.4, 0.5) is 5.69 Å². The van der Waals surface area contributed by atoms with Crippen molar-refractivity contribution in [3.05, 3.63) is 71.3 Å². The van der Waals surface area contributed by atoms with E-state index in [0.717, 1.165) is 29.3 Å². The highest BCUT2D eigenvalue weighted by Gasteiger charge is 2.13. The van der Waals surface area contributed by atoms with Crippen LogP contribution in [0.3, 0.4) is 0 Å². The van der Waals surface area contributed by atoms with Crippen LogP contribution in [-0.2, 0) is 0 Å². The fourth-order valence-electron chi connectivity index (χ4n) is 3.55. The monoisotopic (exact) mass is 389 g/mol. The number of hydrogen-bond donors (Lipinski definition) is 1. The molecule has 29 heavy (non-hydrogen) atoms. The van der Waals surface area contributed by atoms with Crippen molar-refractivity contribution in [2.45, 2.75) is 59.8 Å². The van der Waals surface area contributed by atoms with Crippen LogP contribution in [0.25, 0.3) is 5.70 Å². The molecule has 2 N–H and O–H groups in total. The number of hydrogen-bond acceptors (Lipinski definition) is 3. The van der Waals surface area contributed by atoms with Crippen LogP contribution < -0.4 is 10.9 Å². The molecule has 0 fully saturated rings. The normalized spacial score (nSPS) is 12.7. The Bertz CT molecular complexity index is 811. The number of hydrazine groups is 1. The average molecular weight is 390 g/mol. The molecular weight excluding hydrogens is 354 g/mol. The SMILES string of the molecule is CCCC(C/C=C(/c1ccc(C)cc1)N(N)c1ccc(C#N)cc1)CCC(C)C. The summed E-state index contributed by atoms with van der Waals surface area (Å²) in [6.07, 6.45) is 8.28. The Morgan fingerprint density at radius 1 is 1.03 bits per heavy atom. The van der Waals surface area contributed by atoms with Crippen LogP contribution >= 0.6 is 0 Å². The molecule has 0 heterocycles. The maximum atomic E-state index is 9.06. The highest BCUT2D eigenvalue weighted by atomic mass is 15.4. The van der Waals surface area contributed by atoms with Gasteiger partial charge >= 0.3 is 0 Å². The van der Waals surface area contributed by atoms with Gasteiger partial charge < -0.3 is 0 Å². The van der Waals surface area contributed by atoms with Crippen molar-refractivity contribution in [2.24, 2.45) is 17.7 Å². The lowest BCUT2D eigenvalue weighted by molar-refractivity contribution is 0.400. The van der Waals surface area contributed by atoms with Gasteiger partial charge in [-0.2, -0.15) is 5.26 Å². The molecule has 0 radical (unpaired) electrons. The molecule has 0 bridgehead atoms. The molecule has 0 spiro atoms. The minimum absolute atomic E-state index is 0.639. The first kappa shape index (κ1) is 22.7. The van der Waals surface area contributed by atoms with E-state index in [1.807, 2.05) is 24.3 Å². The third kappa shape index (κ3) is 7.07. The van der Waals surface area contributed by atoms with Gasteiger partial charge in [0, 0.05) is 0 Å². The first-order valence-corrected chi connectivity index (χ1v) is 10.8. The Morgan fingerprint density at radius 2 is 1.69 bits per heavy atom. The molecule has 0 aliphatic rings. The van der Waals surface area contributed by atoms with Gasteiger partial charge in [0.1, 0.15) is 0 Å². The quantitative estimate of drug-likeness (QED) is 0.358. The number of nitriles is 1. The summed E-state index contributed by atoms with van der Waals surface area (Å²) in [5.74, 6) is 7.98. The molecule has 2 aromatic rings. The Hall–Kier alpha value is -2.57. The summed E-state index contributed by atoms with van der Waals surface area (Å²) >= 11 is 0. The van der Waals surface area contributed by atoms with Gasteiger partial charge in [-0.05, 0) is 61.4 Å². The average Bonchev–Trinajstić information content (AvgIpc) is 2.73. The minimum Gasteiger partial charge on any atom is -0.279 e. The number of nitrogens with zero attached hydrogens (tertiary/aromatic N) is 2. The minimum atomic E-state index is 0.639. The summed E-state index contributed by atoms with van der Waals surface area (Å²) in [5, 5.41) is 10.8. The summed E-state index contributed by atoms with van der Waals surface area (Å²) < 4.78 is 0. The third-order valence-electron chi connectivity index (χ3n) is 5.38. The van der Waals surface area contributed by atoms with Gasteiger partial charge in [0.05, 0.1) is 23.0 Å². The second-order valence-electron chi connectivity index (χ2n) is 8.35. The van der Waals surface area contributed by atoms with Crippen molar-refractivity contribution in [3.63, 3.8) is 0 Å². The predicted molar refractivity (Wildman–Crippen MR) is 124 cm³/mol. The lowest BCUT2D eigenvalue weighted by atomic mass is 9.90. The van der Waals surface area contributed by atoms with Gasteiger partial charge in [-0.3, -0.25) is 5.01 Å². The Kier molecular flexibility index (Phi) is 8.96. The third-order valence-corrected chi connectivity index (χ3v) is 5.38. The first-order chi connectivity index (χ1) is 13.9. The maximum Gasteiger partial charge on any atom is 0.0991 e. The highest BCUT2D eigenvalue weighted by Crippen LogP contribution is 2.28. The van der Waals surface area contributed by atoms with Gasteiger partial charge in [0.25, 0.3) is 0 Å². The molecule has 0 saturated carbocycles. The number of benzene rings is 2. The largest absolute Gasteiger partial charge is 0.279 e. The van der Waals surface area contributed by atoms with Crippen molar-refractivity contribution in [2.75, 3.05) is 5.01 Å². The molecule has 0 saturated heterocycles. The van der Waals surface area contributed by atoms with Crippen LogP contribution in [0.5, 0.6) is 0 Å². The van der Waals surface area contributed by atoms with Crippen molar-refractivity contribution in [1.29, 1.82) is 5.26 Å². The zero-order valence-corrected chi connectivity index (χ0v) is 18.4. The van der Waals surface area contributed by atoms with Crippen molar-refractivity contribution < 1.29 is 0 Å². The predicted octanol–water partition coefficient (Wildman–Crippen LogP) is 6.83. The molecule has 1 unspecified atom stereocenters. The van der Waals surface area contributed by atoms with Crippen LogP contribution in [-0.4, -0.2) is 0 Å². The van der Waals surface area contributed by atoms with E-state index < -0.39 is 0 Å². The maximum absolute atomic E-state index is 9.06. The second kappa shape index (κ2) is 11.4. The molecule has 1 atom stereocenters. The van der Waals surface area contributed by atoms with E-state index in [4.69, 9.17) is 11.1 Å². The van der Waals surface area contributed by atoms with Crippen LogP contribution in [0, 0.1) is 30.1 Å². The van der Waals surface area contributed by atoms with E-state index in [9.17, 15) is 0 Å². The van der Waals surface area contributed by atoms with Gasteiger partial charge in [-0.1, -0.05) is 75.9 Å². The van der Waals surface area contributed by atoms with Crippen LogP contribution in [0.2, 0.25) is 0 Å². The summed E-state index contributed by atoms with van der Waals surface area (Å²) in [7, 11) is 0. The van der Waals surface area contributed by atoms with Crippen LogP contribution in [0.15, 0.2) is 54.6 Å². The van der Waals surface area contributed by atoms with E-state index in [1.165, 1.54) is 31.2 Å². The molecule has 2 rings (SSSR count). The standard InChI is InChI=1S/C26H35N3/c1-5-6-22(10-7-20(2)3)13-18-26(24-14-8-21(4)9-15-24)29(28)25-16-11-23(19-27)12-17-25/h8-9,11-12,14-18,20,22H,5-7,10,13,28H2,1-4H3/b26-18-. The lowest BCUT2D eigenvalue weighted by Crippen LogP contribution is -2.29. The smallest absolute Gasteiger partial charge is 0.0991 e. The van der Waals surface area contributed by atoms with E-state index in [-0.39, 0.29) is 0 Å². The Balaban J connectivity index is 2.31. The fourth-order valence-corrected chi connectivity index (χ4v) is 3.55. The number of rotatable bonds is 10. The summed E-state index contributed by atoms with van der Waals surface area (Å²) in [6.45, 7) is 8.95. The topological polar surface area (TPSA) is 53.0 Å². The van der Waals surface area contributed by atoms with Gasteiger partial charge in [0.15, 0.2) is 0 Å². The fraction of sp³-hybridized carbons (Fsp3) is 0.423. The van der Waals surface area contributed by atoms with Crippen molar-refractivity contribution in [1.82, 2.24) is 0 Å². The number of anilines is 1. The highest BCUT2D eigenvalue weighted by molar-refractivity contribution is 5.78. The lowest BCUT2D eigenvalue weighted by Gasteiger charge is -2.24. The van der Waals surface area contributed by atoms with Crippen molar-refractivity contribution >= 4 is 11.4 Å². The number of allylic oxidation sites excluding steroid dienone is 1. The van der Waals surface area contributed by atoms with Crippen LogP contribution in [0.1, 0.15) is 69.6 Å². The van der Waals surface area contributed by atoms with Crippen molar-refractivity contribution in [3.8, 4) is 6.07 Å². The summed E-state index contributed by atoms with van der Waals surface area (Å²) in [4.78, 5) is 0. The summed E-state index contributed by atoms with van der Waals surface area (Å²) in [5.41, 5.74) is 4.88. The molecule has 154 valence electrons. The molecule has 0 amide bonds. The molecule has 3 heteroatoms. The number of aryl methyl sites for hydroxylation is 1. The zero-order chi connectivity index (χ0) is 21.2. The van der Waals surface area contributed by atoms with E-state index in [1.54, 1.807) is 5.01 Å². The first-order valence-electron chi connectivity index (χ1n) is 10.8. The summed E-state index contributed by atoms with van der Waals surface area (Å²) in [6, 6.07) is 18.1. The van der Waals surface area contributed by atoms with Gasteiger partial charge in [-0.15, -0.1) is 0 Å². The molecule has 0 aliphatic carbocycles. The zero-order valence-electron chi connectivity index (χ0n) is 18.4. The molecular formula is C26H35N3. The second-order valence-corrected chi connectivity index (χ2v) is 8.35. The molecule has 0 aliphatic heterocycles. The molecule has 0 aromatic heterocycles. The van der Waals surface area contributed by atoms with Gasteiger partial charge in [0.2, 0.25) is 0 Å². The molecule has 2 aromatic carbocycles. The Labute approximate surface area is 176 Å². The van der Waals surface area contributed by atoms with E-state index in [2.05, 4.69) is 64.1 Å². The molecule has 3 nitrogen and oxygen atoms in total. The van der Waals surface area contributed by atoms with E-state index in [0.29, 0.717) is 11.5 Å². The number of nitrogens with two attached hydrogens (primary N) is 1.